The van der Waals surface area contributed by atoms with Crippen LogP contribution in [0.4, 0.5) is 11.4 Å². The molecule has 3 amide bonds. The van der Waals surface area contributed by atoms with Gasteiger partial charge in [0.05, 0.1) is 5.25 Å². The fourth-order valence-electron chi connectivity index (χ4n) is 3.92. The second kappa shape index (κ2) is 13.8. The summed E-state index contributed by atoms with van der Waals surface area (Å²) in [6.07, 6.45) is 1.65. The molecular formula is C33H30ClN3O3S. The van der Waals surface area contributed by atoms with Gasteiger partial charge in [0, 0.05) is 26.9 Å². The van der Waals surface area contributed by atoms with E-state index in [9.17, 15) is 14.4 Å². The number of aryl methyl sites for hydroxylation is 1. The summed E-state index contributed by atoms with van der Waals surface area (Å²) >= 11 is 7.56. The summed E-state index contributed by atoms with van der Waals surface area (Å²) in [4.78, 5) is 39.8. The van der Waals surface area contributed by atoms with Crippen molar-refractivity contribution < 1.29 is 14.4 Å². The number of hydrogen-bond donors (Lipinski definition) is 3. The maximum Gasteiger partial charge on any atom is 0.272 e. The van der Waals surface area contributed by atoms with Crippen molar-refractivity contribution in [2.24, 2.45) is 0 Å². The van der Waals surface area contributed by atoms with Crippen molar-refractivity contribution in [2.75, 3.05) is 10.6 Å². The highest BCUT2D eigenvalue weighted by Gasteiger charge is 2.17. The lowest BCUT2D eigenvalue weighted by Gasteiger charge is -2.15. The van der Waals surface area contributed by atoms with Crippen molar-refractivity contribution in [2.45, 2.75) is 30.9 Å². The fourth-order valence-corrected chi connectivity index (χ4v) is 4.96. The first kappa shape index (κ1) is 29.6. The topological polar surface area (TPSA) is 87.3 Å². The number of thioether (sulfide) groups is 1. The number of nitrogens with one attached hydrogen (secondary N) is 3. The molecule has 0 aromatic heterocycles. The monoisotopic (exact) mass is 583 g/mol. The zero-order valence-corrected chi connectivity index (χ0v) is 24.5. The Morgan fingerprint density at radius 3 is 2.24 bits per heavy atom. The van der Waals surface area contributed by atoms with Crippen molar-refractivity contribution in [3.05, 3.63) is 130 Å². The number of amides is 3. The van der Waals surface area contributed by atoms with Crippen LogP contribution >= 0.6 is 23.4 Å². The molecule has 4 rings (SSSR count). The summed E-state index contributed by atoms with van der Waals surface area (Å²) in [5.41, 5.74) is 4.43. The zero-order valence-electron chi connectivity index (χ0n) is 22.9. The van der Waals surface area contributed by atoms with E-state index in [0.717, 1.165) is 21.6 Å². The molecule has 1 unspecified atom stereocenters. The number of rotatable bonds is 9. The van der Waals surface area contributed by atoms with Crippen LogP contribution in [0.5, 0.6) is 0 Å². The molecule has 0 bridgehead atoms. The molecule has 0 aliphatic carbocycles. The van der Waals surface area contributed by atoms with E-state index >= 15 is 0 Å². The molecule has 0 heterocycles. The van der Waals surface area contributed by atoms with Gasteiger partial charge in [0.2, 0.25) is 5.91 Å². The zero-order chi connectivity index (χ0) is 29.4. The summed E-state index contributed by atoms with van der Waals surface area (Å²) in [6, 6.07) is 29.0. The Morgan fingerprint density at radius 1 is 0.829 bits per heavy atom. The van der Waals surface area contributed by atoms with Crippen molar-refractivity contribution in [3.8, 4) is 0 Å². The highest BCUT2D eigenvalue weighted by Crippen LogP contribution is 2.28. The number of benzene rings is 4. The van der Waals surface area contributed by atoms with E-state index in [4.69, 9.17) is 11.6 Å². The van der Waals surface area contributed by atoms with Crippen LogP contribution in [-0.4, -0.2) is 23.0 Å². The third-order valence-electron chi connectivity index (χ3n) is 6.20. The molecular weight excluding hydrogens is 554 g/mol. The highest BCUT2D eigenvalue weighted by molar-refractivity contribution is 8.00. The Morgan fingerprint density at radius 2 is 1.54 bits per heavy atom. The largest absolute Gasteiger partial charge is 0.325 e. The minimum Gasteiger partial charge on any atom is -0.325 e. The average Bonchev–Trinajstić information content (AvgIpc) is 2.96. The van der Waals surface area contributed by atoms with Gasteiger partial charge in [-0.25, -0.2) is 0 Å². The Balaban J connectivity index is 1.43. The molecule has 6 nitrogen and oxygen atoms in total. The predicted octanol–water partition coefficient (Wildman–Crippen LogP) is 7.49. The number of carbonyl (C=O) groups excluding carboxylic acids is 3. The number of carbonyl (C=O) groups is 3. The summed E-state index contributed by atoms with van der Waals surface area (Å²) in [5, 5.41) is 8.76. The second-order valence-electron chi connectivity index (χ2n) is 9.43. The van der Waals surface area contributed by atoms with Crippen LogP contribution < -0.4 is 16.0 Å². The molecule has 208 valence electrons. The molecule has 0 aliphatic rings. The molecule has 0 aliphatic heterocycles. The van der Waals surface area contributed by atoms with Crippen molar-refractivity contribution in [1.82, 2.24) is 5.32 Å². The standard InChI is InChI=1S/C33H30ClN3O3S/c1-21-9-7-10-24(19-21)20-30(37-32(39)25-11-5-4-6-12-25)33(40)35-26-15-17-27(18-16-26)41-23(3)31(38)36-29-14-8-13-28(34)22(29)2/h4-20,23H,1-3H3,(H,35,40)(H,36,38)(H,37,39)/b30-20-. The Kier molecular flexibility index (Phi) is 10.0. The summed E-state index contributed by atoms with van der Waals surface area (Å²) in [5.74, 6) is -0.981. The highest BCUT2D eigenvalue weighted by atomic mass is 35.5. The van der Waals surface area contributed by atoms with Crippen molar-refractivity contribution in [1.29, 1.82) is 0 Å². The third-order valence-corrected chi connectivity index (χ3v) is 7.72. The lowest BCUT2D eigenvalue weighted by atomic mass is 10.1. The minimum absolute atomic E-state index is 0.115. The Bertz CT molecular complexity index is 1590. The maximum atomic E-state index is 13.3. The van der Waals surface area contributed by atoms with Gasteiger partial charge in [0.1, 0.15) is 5.70 Å². The van der Waals surface area contributed by atoms with Crippen LogP contribution in [0.3, 0.4) is 0 Å². The lowest BCUT2D eigenvalue weighted by Crippen LogP contribution is -2.30. The summed E-state index contributed by atoms with van der Waals surface area (Å²) < 4.78 is 0. The van der Waals surface area contributed by atoms with Gasteiger partial charge >= 0.3 is 0 Å². The molecule has 8 heteroatoms. The second-order valence-corrected chi connectivity index (χ2v) is 11.3. The fraction of sp³-hybridized carbons (Fsp3) is 0.121. The first-order chi connectivity index (χ1) is 19.7. The van der Waals surface area contributed by atoms with Gasteiger partial charge in [-0.15, -0.1) is 11.8 Å². The average molecular weight is 584 g/mol. The maximum absolute atomic E-state index is 13.3. The first-order valence-electron chi connectivity index (χ1n) is 13.0. The summed E-state index contributed by atoms with van der Waals surface area (Å²) in [7, 11) is 0. The minimum atomic E-state index is -0.458. The van der Waals surface area contributed by atoms with Crippen molar-refractivity contribution >= 4 is 58.5 Å². The van der Waals surface area contributed by atoms with E-state index in [1.165, 1.54) is 11.8 Å². The predicted molar refractivity (Wildman–Crippen MR) is 168 cm³/mol. The molecule has 1 atom stereocenters. The van der Waals surface area contributed by atoms with Gasteiger partial charge in [0.25, 0.3) is 11.8 Å². The molecule has 0 spiro atoms. The molecule has 4 aromatic rings. The SMILES string of the molecule is Cc1cccc(/C=C(\NC(=O)c2ccccc2)C(=O)Nc2ccc(SC(C)C(=O)Nc3cccc(Cl)c3C)cc2)c1. The van der Waals surface area contributed by atoms with E-state index in [1.54, 1.807) is 54.6 Å². The number of hydrogen-bond acceptors (Lipinski definition) is 4. The van der Waals surface area contributed by atoms with Gasteiger partial charge < -0.3 is 16.0 Å². The van der Waals surface area contributed by atoms with Crippen LogP contribution in [0.1, 0.15) is 34.0 Å². The molecule has 3 N–H and O–H groups in total. The van der Waals surface area contributed by atoms with E-state index in [-0.39, 0.29) is 22.8 Å². The smallest absolute Gasteiger partial charge is 0.272 e. The summed E-state index contributed by atoms with van der Waals surface area (Å²) in [6.45, 7) is 5.65. The molecule has 0 radical (unpaired) electrons. The third kappa shape index (κ3) is 8.33. The van der Waals surface area contributed by atoms with Gasteiger partial charge in [-0.2, -0.15) is 0 Å². The van der Waals surface area contributed by atoms with E-state index in [2.05, 4.69) is 16.0 Å². The van der Waals surface area contributed by atoms with Crippen molar-refractivity contribution in [3.63, 3.8) is 0 Å². The Labute approximate surface area is 249 Å². The van der Waals surface area contributed by atoms with Crippen LogP contribution in [0.15, 0.2) is 108 Å². The Hall–Kier alpha value is -4.33. The molecule has 4 aromatic carbocycles. The van der Waals surface area contributed by atoms with E-state index in [0.29, 0.717) is 22.0 Å². The normalized spacial score (nSPS) is 11.9. The molecule has 0 saturated carbocycles. The first-order valence-corrected chi connectivity index (χ1v) is 14.2. The van der Waals surface area contributed by atoms with E-state index in [1.807, 2.05) is 69.3 Å². The van der Waals surface area contributed by atoms with Crippen LogP contribution in [0, 0.1) is 13.8 Å². The van der Waals surface area contributed by atoms with E-state index < -0.39 is 5.91 Å². The van der Waals surface area contributed by atoms with Gasteiger partial charge in [-0.1, -0.05) is 65.7 Å². The van der Waals surface area contributed by atoms with Crippen LogP contribution in [0.2, 0.25) is 5.02 Å². The molecule has 0 fully saturated rings. The molecule has 41 heavy (non-hydrogen) atoms. The van der Waals surface area contributed by atoms with Gasteiger partial charge in [-0.3, -0.25) is 14.4 Å². The van der Waals surface area contributed by atoms with Gasteiger partial charge in [-0.05, 0) is 86.5 Å². The van der Waals surface area contributed by atoms with Crippen LogP contribution in [-0.2, 0) is 9.59 Å². The van der Waals surface area contributed by atoms with Gasteiger partial charge in [0.15, 0.2) is 0 Å². The quantitative estimate of drug-likeness (QED) is 0.141. The molecule has 0 saturated heterocycles. The lowest BCUT2D eigenvalue weighted by molar-refractivity contribution is -0.115. The number of anilines is 2. The van der Waals surface area contributed by atoms with Crippen LogP contribution in [0.25, 0.3) is 6.08 Å². The number of halogens is 1.